The number of likely N-dealkylation sites (N-methyl/N-ethyl adjacent to an activating group) is 1. The number of halogens is 1. The van der Waals surface area contributed by atoms with E-state index in [1.165, 1.54) is 6.20 Å². The number of rotatable bonds is 4. The second-order valence-corrected chi connectivity index (χ2v) is 3.73. The van der Waals surface area contributed by atoms with Crippen LogP contribution in [-0.4, -0.2) is 41.1 Å². The van der Waals surface area contributed by atoms with Gasteiger partial charge in [0.25, 0.3) is 0 Å². The van der Waals surface area contributed by atoms with Crippen LogP contribution >= 0.6 is 11.6 Å². The molecule has 1 rings (SSSR count). The van der Waals surface area contributed by atoms with Crippen molar-refractivity contribution in [1.82, 2.24) is 14.7 Å². The van der Waals surface area contributed by atoms with E-state index in [0.29, 0.717) is 23.8 Å². The van der Waals surface area contributed by atoms with Crippen molar-refractivity contribution in [3.63, 3.8) is 0 Å². The summed E-state index contributed by atoms with van der Waals surface area (Å²) < 4.78 is 1.62. The van der Waals surface area contributed by atoms with Gasteiger partial charge in [-0.25, -0.2) is 0 Å². The van der Waals surface area contributed by atoms with Crippen LogP contribution in [0.1, 0.15) is 17.4 Å². The highest BCUT2D eigenvalue weighted by molar-refractivity contribution is 6.33. The molecule has 1 aromatic heterocycles. The first kappa shape index (κ1) is 11.2. The Morgan fingerprint density at radius 2 is 2.29 bits per heavy atom. The second kappa shape index (κ2) is 4.57. The zero-order valence-electron chi connectivity index (χ0n) is 8.62. The Labute approximate surface area is 88.5 Å². The summed E-state index contributed by atoms with van der Waals surface area (Å²) in [5.41, 5.74) is 0.503. The summed E-state index contributed by atoms with van der Waals surface area (Å²) in [6.07, 6.45) is 1.51. The van der Waals surface area contributed by atoms with Gasteiger partial charge in [0.15, 0.2) is 5.78 Å². The van der Waals surface area contributed by atoms with Gasteiger partial charge in [-0.1, -0.05) is 11.6 Å². The van der Waals surface area contributed by atoms with Gasteiger partial charge in [0.2, 0.25) is 0 Å². The van der Waals surface area contributed by atoms with Gasteiger partial charge in [0, 0.05) is 6.54 Å². The fourth-order valence-corrected chi connectivity index (χ4v) is 1.49. The van der Waals surface area contributed by atoms with Crippen molar-refractivity contribution < 1.29 is 4.79 Å². The zero-order chi connectivity index (χ0) is 10.7. The Morgan fingerprint density at radius 3 is 2.79 bits per heavy atom. The molecule has 0 aliphatic rings. The molecule has 0 radical (unpaired) electrons. The number of aryl methyl sites for hydroxylation is 1. The third-order valence-corrected chi connectivity index (χ3v) is 2.09. The van der Waals surface area contributed by atoms with E-state index in [1.807, 2.05) is 25.9 Å². The highest BCUT2D eigenvalue weighted by Gasteiger charge is 2.16. The van der Waals surface area contributed by atoms with E-state index in [0.717, 1.165) is 0 Å². The molecule has 0 aliphatic carbocycles. The van der Waals surface area contributed by atoms with Crippen molar-refractivity contribution in [2.75, 3.05) is 20.6 Å². The van der Waals surface area contributed by atoms with E-state index in [1.54, 1.807) is 4.68 Å². The lowest BCUT2D eigenvalue weighted by Gasteiger charge is -2.09. The van der Waals surface area contributed by atoms with Crippen molar-refractivity contribution in [2.45, 2.75) is 13.5 Å². The fourth-order valence-electron chi connectivity index (χ4n) is 1.24. The average Bonchev–Trinajstić information content (AvgIpc) is 2.45. The van der Waals surface area contributed by atoms with Crippen LogP contribution in [0.3, 0.4) is 0 Å². The van der Waals surface area contributed by atoms with Gasteiger partial charge in [-0.15, -0.1) is 0 Å². The van der Waals surface area contributed by atoms with E-state index < -0.39 is 0 Å². The summed E-state index contributed by atoms with van der Waals surface area (Å²) in [7, 11) is 3.69. The van der Waals surface area contributed by atoms with Crippen molar-refractivity contribution in [2.24, 2.45) is 0 Å². The maximum Gasteiger partial charge on any atom is 0.196 e. The number of ketones is 1. The maximum absolute atomic E-state index is 11.7. The molecule has 5 heteroatoms. The molecule has 0 bridgehead atoms. The van der Waals surface area contributed by atoms with Crippen molar-refractivity contribution in [1.29, 1.82) is 0 Å². The molecule has 0 aliphatic heterocycles. The molecule has 0 amide bonds. The van der Waals surface area contributed by atoms with Crippen LogP contribution in [0.4, 0.5) is 0 Å². The smallest absolute Gasteiger partial charge is 0.196 e. The van der Waals surface area contributed by atoms with Crippen LogP contribution in [0.25, 0.3) is 0 Å². The Morgan fingerprint density at radius 1 is 1.64 bits per heavy atom. The molecular formula is C9H14ClN3O. The molecule has 0 saturated carbocycles. The molecule has 78 valence electrons. The van der Waals surface area contributed by atoms with Crippen LogP contribution in [0.15, 0.2) is 6.20 Å². The van der Waals surface area contributed by atoms with E-state index in [-0.39, 0.29) is 5.78 Å². The number of carbonyl (C=O) groups is 1. The molecular weight excluding hydrogens is 202 g/mol. The molecule has 0 fully saturated rings. The molecule has 0 N–H and O–H groups in total. The molecule has 0 saturated heterocycles. The molecule has 1 heterocycles. The lowest BCUT2D eigenvalue weighted by molar-refractivity contribution is 0.0947. The number of hydrogen-bond acceptors (Lipinski definition) is 3. The van der Waals surface area contributed by atoms with Gasteiger partial charge >= 0.3 is 0 Å². The highest BCUT2D eigenvalue weighted by atomic mass is 35.5. The second-order valence-electron chi connectivity index (χ2n) is 3.32. The summed E-state index contributed by atoms with van der Waals surface area (Å²) in [5, 5.41) is 4.44. The minimum absolute atomic E-state index is 0.000602. The normalized spacial score (nSPS) is 10.9. The summed E-state index contributed by atoms with van der Waals surface area (Å²) in [6.45, 7) is 2.93. The lowest BCUT2D eigenvalue weighted by Crippen LogP contribution is -2.24. The molecule has 0 aromatic carbocycles. The van der Waals surface area contributed by atoms with E-state index in [4.69, 9.17) is 11.6 Å². The minimum Gasteiger partial charge on any atom is -0.302 e. The Hall–Kier alpha value is -0.870. The summed E-state index contributed by atoms with van der Waals surface area (Å²) >= 11 is 5.88. The first-order valence-electron chi connectivity index (χ1n) is 4.45. The Balaban J connectivity index is 2.93. The quantitative estimate of drug-likeness (QED) is 0.711. The number of nitrogens with zero attached hydrogens (tertiary/aromatic N) is 3. The first-order valence-corrected chi connectivity index (χ1v) is 4.83. The van der Waals surface area contributed by atoms with E-state index >= 15 is 0 Å². The molecule has 1 aromatic rings. The largest absolute Gasteiger partial charge is 0.302 e. The maximum atomic E-state index is 11.7. The number of carbonyl (C=O) groups excluding carboxylic acids is 1. The van der Waals surface area contributed by atoms with Crippen molar-refractivity contribution in [3.05, 3.63) is 16.9 Å². The summed E-state index contributed by atoms with van der Waals surface area (Å²) in [6, 6.07) is 0. The van der Waals surface area contributed by atoms with E-state index in [2.05, 4.69) is 5.10 Å². The Kier molecular flexibility index (Phi) is 3.66. The van der Waals surface area contributed by atoms with Crippen molar-refractivity contribution >= 4 is 17.4 Å². The molecule has 4 nitrogen and oxygen atoms in total. The monoisotopic (exact) mass is 215 g/mol. The zero-order valence-corrected chi connectivity index (χ0v) is 9.38. The van der Waals surface area contributed by atoms with Gasteiger partial charge < -0.3 is 4.90 Å². The lowest BCUT2D eigenvalue weighted by atomic mass is 10.2. The predicted octanol–water partition coefficient (Wildman–Crippen LogP) is 1.30. The van der Waals surface area contributed by atoms with Crippen LogP contribution in [0.2, 0.25) is 5.02 Å². The third-order valence-electron chi connectivity index (χ3n) is 1.82. The average molecular weight is 216 g/mol. The molecule has 0 atom stereocenters. The first-order chi connectivity index (χ1) is 6.56. The van der Waals surface area contributed by atoms with Gasteiger partial charge in [0.1, 0.15) is 5.69 Å². The molecule has 0 unspecified atom stereocenters. The summed E-state index contributed by atoms with van der Waals surface area (Å²) in [5.74, 6) is -0.000602. The van der Waals surface area contributed by atoms with Crippen LogP contribution < -0.4 is 0 Å². The SMILES string of the molecule is CCn1ncc(Cl)c1C(=O)CN(C)C. The van der Waals surface area contributed by atoms with Crippen LogP contribution in [0, 0.1) is 0 Å². The van der Waals surface area contributed by atoms with Gasteiger partial charge in [0.05, 0.1) is 17.8 Å². The van der Waals surface area contributed by atoms with Crippen LogP contribution in [0.5, 0.6) is 0 Å². The third kappa shape index (κ3) is 2.33. The van der Waals surface area contributed by atoms with Gasteiger partial charge in [-0.3, -0.25) is 9.48 Å². The minimum atomic E-state index is -0.000602. The summed E-state index contributed by atoms with van der Waals surface area (Å²) in [4.78, 5) is 13.5. The van der Waals surface area contributed by atoms with Crippen LogP contribution in [-0.2, 0) is 6.54 Å². The Bertz CT molecular complexity index is 333. The topological polar surface area (TPSA) is 38.1 Å². The number of aromatic nitrogens is 2. The number of hydrogen-bond donors (Lipinski definition) is 0. The fraction of sp³-hybridized carbons (Fsp3) is 0.556. The highest BCUT2D eigenvalue weighted by Crippen LogP contribution is 2.15. The van der Waals surface area contributed by atoms with E-state index in [9.17, 15) is 4.79 Å². The van der Waals surface area contributed by atoms with Gasteiger partial charge in [-0.05, 0) is 21.0 Å². The predicted molar refractivity (Wildman–Crippen MR) is 55.8 cm³/mol. The van der Waals surface area contributed by atoms with Gasteiger partial charge in [-0.2, -0.15) is 5.10 Å². The number of Topliss-reactive ketones (excluding diaryl/α,β-unsaturated/α-hetero) is 1. The molecule has 0 spiro atoms. The standard InChI is InChI=1S/C9H14ClN3O/c1-4-13-9(7(10)5-11-13)8(14)6-12(2)3/h5H,4,6H2,1-3H3. The molecule has 14 heavy (non-hydrogen) atoms. The van der Waals surface area contributed by atoms with Crippen molar-refractivity contribution in [3.8, 4) is 0 Å².